The number of benzene rings is 2. The van der Waals surface area contributed by atoms with Crippen LogP contribution in [0.15, 0.2) is 36.4 Å². The lowest BCUT2D eigenvalue weighted by molar-refractivity contribution is -0.148. The lowest BCUT2D eigenvalue weighted by Gasteiger charge is -2.27. The zero-order chi connectivity index (χ0) is 20.6. The summed E-state index contributed by atoms with van der Waals surface area (Å²) >= 11 is 0. The minimum atomic E-state index is -0.856. The predicted molar refractivity (Wildman–Crippen MR) is 114 cm³/mol. The molecule has 2 atom stereocenters. The van der Waals surface area contributed by atoms with Gasteiger partial charge in [0.1, 0.15) is 5.75 Å². The van der Waals surface area contributed by atoms with Crippen LogP contribution in [-0.2, 0) is 16.0 Å². The number of carboxylic acid groups (broad SMARTS) is 1. The molecule has 0 heterocycles. The van der Waals surface area contributed by atoms with Crippen LogP contribution in [0.3, 0.4) is 0 Å². The summed E-state index contributed by atoms with van der Waals surface area (Å²) in [5, 5.41) is 14.7. The summed E-state index contributed by atoms with van der Waals surface area (Å²) in [6.07, 6.45) is 5.77. The summed E-state index contributed by atoms with van der Waals surface area (Å²) in [7, 11) is 0. The fourth-order valence-corrected chi connectivity index (χ4v) is 4.22. The molecule has 29 heavy (non-hydrogen) atoms. The zero-order valence-electron chi connectivity index (χ0n) is 17.2. The fourth-order valence-electron chi connectivity index (χ4n) is 4.22. The lowest BCUT2D eigenvalue weighted by atomic mass is 9.78. The van der Waals surface area contributed by atoms with E-state index in [0.717, 1.165) is 47.8 Å². The first kappa shape index (κ1) is 21.2. The van der Waals surface area contributed by atoms with Gasteiger partial charge in [0.15, 0.2) is 0 Å². The summed E-state index contributed by atoms with van der Waals surface area (Å²) in [6.45, 7) is 3.28. The lowest BCUT2D eigenvalue weighted by Crippen LogP contribution is -2.40. The third-order valence-corrected chi connectivity index (χ3v) is 5.85. The number of carbonyl (C=O) groups is 2. The average Bonchev–Trinajstić information content (AvgIpc) is 2.74. The standard InChI is InChI=1S/C24H31NO4/c1-2-3-16-29-22-13-12-17-8-4-5-9-18(17)19(22)14-15-25-23(26)20-10-6-7-11-21(20)24(27)28/h4-5,8-9,12-13,20-21H,2-3,6-7,10-11,14-16H2,1H3,(H,25,26)(H,27,28). The third kappa shape index (κ3) is 5.28. The highest BCUT2D eigenvalue weighted by molar-refractivity contribution is 5.88. The maximum atomic E-state index is 12.7. The first-order valence-corrected chi connectivity index (χ1v) is 10.8. The monoisotopic (exact) mass is 397 g/mol. The molecule has 156 valence electrons. The van der Waals surface area contributed by atoms with E-state index in [-0.39, 0.29) is 5.91 Å². The second-order valence-corrected chi connectivity index (χ2v) is 7.84. The molecule has 0 aliphatic heterocycles. The van der Waals surface area contributed by atoms with Gasteiger partial charge in [0.05, 0.1) is 18.4 Å². The average molecular weight is 398 g/mol. The van der Waals surface area contributed by atoms with Crippen LogP contribution >= 0.6 is 0 Å². The maximum Gasteiger partial charge on any atom is 0.307 e. The molecule has 0 aromatic heterocycles. The summed E-state index contributed by atoms with van der Waals surface area (Å²) in [4.78, 5) is 24.1. The molecule has 2 N–H and O–H groups in total. The minimum Gasteiger partial charge on any atom is -0.493 e. The number of hydrogen-bond donors (Lipinski definition) is 2. The van der Waals surface area contributed by atoms with E-state index in [1.54, 1.807) is 0 Å². The van der Waals surface area contributed by atoms with Gasteiger partial charge in [-0.05, 0) is 42.5 Å². The topological polar surface area (TPSA) is 75.6 Å². The molecule has 0 radical (unpaired) electrons. The van der Waals surface area contributed by atoms with E-state index in [2.05, 4.69) is 30.4 Å². The van der Waals surface area contributed by atoms with Gasteiger partial charge in [-0.3, -0.25) is 9.59 Å². The van der Waals surface area contributed by atoms with Crippen LogP contribution in [0.2, 0.25) is 0 Å². The number of amides is 1. The van der Waals surface area contributed by atoms with Crippen molar-refractivity contribution in [2.24, 2.45) is 11.8 Å². The molecule has 0 spiro atoms. The van der Waals surface area contributed by atoms with E-state index in [1.807, 2.05) is 18.2 Å². The zero-order valence-corrected chi connectivity index (χ0v) is 17.2. The molecule has 0 saturated heterocycles. The van der Waals surface area contributed by atoms with Crippen LogP contribution < -0.4 is 10.1 Å². The highest BCUT2D eigenvalue weighted by atomic mass is 16.5. The molecule has 3 rings (SSSR count). The summed E-state index contributed by atoms with van der Waals surface area (Å²) in [5.74, 6) is -1.10. The molecule has 0 bridgehead atoms. The van der Waals surface area contributed by atoms with E-state index < -0.39 is 17.8 Å². The first-order valence-electron chi connectivity index (χ1n) is 10.8. The number of carboxylic acids is 1. The van der Waals surface area contributed by atoms with E-state index in [1.165, 1.54) is 0 Å². The number of nitrogens with one attached hydrogen (secondary N) is 1. The van der Waals surface area contributed by atoms with Crippen LogP contribution in [0.1, 0.15) is 51.0 Å². The number of unbranched alkanes of at least 4 members (excludes halogenated alkanes) is 1. The molecular formula is C24H31NO4. The molecule has 2 aromatic rings. The van der Waals surface area contributed by atoms with Gasteiger partial charge in [-0.1, -0.05) is 56.5 Å². The highest BCUT2D eigenvalue weighted by Crippen LogP contribution is 2.31. The molecular weight excluding hydrogens is 366 g/mol. The van der Waals surface area contributed by atoms with E-state index in [4.69, 9.17) is 4.74 Å². The Labute approximate surface area is 172 Å². The number of hydrogen-bond acceptors (Lipinski definition) is 3. The van der Waals surface area contributed by atoms with Crippen LogP contribution in [0.4, 0.5) is 0 Å². The summed E-state index contributed by atoms with van der Waals surface area (Å²) in [6, 6.07) is 12.3. The van der Waals surface area contributed by atoms with Crippen molar-refractivity contribution < 1.29 is 19.4 Å². The molecule has 1 saturated carbocycles. The third-order valence-electron chi connectivity index (χ3n) is 5.85. The molecule has 1 fully saturated rings. The highest BCUT2D eigenvalue weighted by Gasteiger charge is 2.35. The number of aliphatic carboxylic acids is 1. The van der Waals surface area contributed by atoms with Gasteiger partial charge < -0.3 is 15.2 Å². The molecule has 2 aromatic carbocycles. The van der Waals surface area contributed by atoms with Gasteiger partial charge in [-0.25, -0.2) is 0 Å². The van der Waals surface area contributed by atoms with Crippen molar-refractivity contribution in [1.82, 2.24) is 5.32 Å². The molecule has 1 amide bonds. The van der Waals surface area contributed by atoms with Crippen molar-refractivity contribution in [3.05, 3.63) is 42.0 Å². The van der Waals surface area contributed by atoms with Gasteiger partial charge in [-0.2, -0.15) is 0 Å². The minimum absolute atomic E-state index is 0.134. The van der Waals surface area contributed by atoms with Crippen LogP contribution in [0.5, 0.6) is 5.75 Å². The Morgan fingerprint density at radius 1 is 1.10 bits per heavy atom. The Hall–Kier alpha value is -2.56. The molecule has 1 aliphatic carbocycles. The van der Waals surface area contributed by atoms with Crippen molar-refractivity contribution >= 4 is 22.6 Å². The van der Waals surface area contributed by atoms with E-state index in [0.29, 0.717) is 32.4 Å². The van der Waals surface area contributed by atoms with Crippen molar-refractivity contribution in [2.45, 2.75) is 51.9 Å². The number of rotatable bonds is 9. The van der Waals surface area contributed by atoms with Gasteiger partial charge >= 0.3 is 5.97 Å². The largest absolute Gasteiger partial charge is 0.493 e. The molecule has 5 nitrogen and oxygen atoms in total. The first-order chi connectivity index (χ1) is 14.1. The Kier molecular flexibility index (Phi) is 7.50. The van der Waals surface area contributed by atoms with Gasteiger partial charge in [0, 0.05) is 12.1 Å². The second-order valence-electron chi connectivity index (χ2n) is 7.84. The van der Waals surface area contributed by atoms with Gasteiger partial charge in [0.25, 0.3) is 0 Å². The Morgan fingerprint density at radius 2 is 1.86 bits per heavy atom. The molecule has 5 heteroatoms. The SMILES string of the molecule is CCCCOc1ccc2ccccc2c1CCNC(=O)C1CCCCC1C(=O)O. The number of ether oxygens (including phenoxy) is 1. The Balaban J connectivity index is 1.69. The molecule has 1 aliphatic rings. The van der Waals surface area contributed by atoms with Crippen LogP contribution in [0, 0.1) is 11.8 Å². The second kappa shape index (κ2) is 10.3. The quantitative estimate of drug-likeness (QED) is 0.608. The van der Waals surface area contributed by atoms with Gasteiger partial charge in [0.2, 0.25) is 5.91 Å². The molecule has 2 unspecified atom stereocenters. The van der Waals surface area contributed by atoms with E-state index >= 15 is 0 Å². The Morgan fingerprint density at radius 3 is 2.62 bits per heavy atom. The number of carbonyl (C=O) groups excluding carboxylic acids is 1. The van der Waals surface area contributed by atoms with Crippen molar-refractivity contribution in [3.63, 3.8) is 0 Å². The fraction of sp³-hybridized carbons (Fsp3) is 0.500. The van der Waals surface area contributed by atoms with Gasteiger partial charge in [-0.15, -0.1) is 0 Å². The smallest absolute Gasteiger partial charge is 0.307 e. The predicted octanol–water partition coefficient (Wildman–Crippen LogP) is 4.57. The van der Waals surface area contributed by atoms with Crippen molar-refractivity contribution in [2.75, 3.05) is 13.2 Å². The Bertz CT molecular complexity index is 848. The van der Waals surface area contributed by atoms with Crippen molar-refractivity contribution in [3.8, 4) is 5.75 Å². The normalized spacial score (nSPS) is 19.1. The summed E-state index contributed by atoms with van der Waals surface area (Å²) in [5.41, 5.74) is 1.10. The maximum absolute atomic E-state index is 12.7. The van der Waals surface area contributed by atoms with Crippen LogP contribution in [-0.4, -0.2) is 30.1 Å². The summed E-state index contributed by atoms with van der Waals surface area (Å²) < 4.78 is 6.02. The van der Waals surface area contributed by atoms with Crippen molar-refractivity contribution in [1.29, 1.82) is 0 Å². The number of fused-ring (bicyclic) bond motifs is 1. The van der Waals surface area contributed by atoms with Crippen LogP contribution in [0.25, 0.3) is 10.8 Å². The van der Waals surface area contributed by atoms with E-state index in [9.17, 15) is 14.7 Å².